The molecule has 0 fully saturated rings. The van der Waals surface area contributed by atoms with Gasteiger partial charge in [-0.25, -0.2) is 4.79 Å². The molecule has 0 spiro atoms. The van der Waals surface area contributed by atoms with Crippen LogP contribution in [0.2, 0.25) is 0 Å². The van der Waals surface area contributed by atoms with Gasteiger partial charge in [0.1, 0.15) is 5.00 Å². The van der Waals surface area contributed by atoms with Crippen molar-refractivity contribution in [3.63, 3.8) is 0 Å². The maximum atomic E-state index is 12.7. The fraction of sp³-hybridized carbons (Fsp3) is 0.409. The van der Waals surface area contributed by atoms with Gasteiger partial charge in [0.2, 0.25) is 5.91 Å². The molecule has 0 saturated carbocycles. The Balaban J connectivity index is 1.61. The lowest BCUT2D eigenvalue weighted by atomic mass is 9.95. The lowest BCUT2D eigenvalue weighted by molar-refractivity contribution is -0.116. The van der Waals surface area contributed by atoms with Crippen molar-refractivity contribution in [2.75, 3.05) is 17.7 Å². The molecule has 1 aromatic heterocycles. The Hall–Kier alpha value is -2.32. The van der Waals surface area contributed by atoms with Crippen molar-refractivity contribution in [3.8, 4) is 0 Å². The molecule has 6 nitrogen and oxygen atoms in total. The van der Waals surface area contributed by atoms with Crippen molar-refractivity contribution >= 4 is 46.0 Å². The minimum atomic E-state index is -0.770. The Morgan fingerprint density at radius 1 is 1.13 bits per heavy atom. The van der Waals surface area contributed by atoms with E-state index in [1.54, 1.807) is 18.7 Å². The first-order chi connectivity index (χ1) is 14.6. The Bertz CT molecular complexity index is 896. The molecule has 0 atom stereocenters. The molecule has 8 heteroatoms. The summed E-state index contributed by atoms with van der Waals surface area (Å²) in [5, 5.41) is 5.71. The number of fused-ring (bicyclic) bond motifs is 1. The normalized spacial score (nSPS) is 12.7. The number of amides is 3. The number of hydrogen-bond acceptors (Lipinski definition) is 6. The van der Waals surface area contributed by atoms with Gasteiger partial charge < -0.3 is 10.1 Å². The summed E-state index contributed by atoms with van der Waals surface area (Å²) in [4.78, 5) is 39.2. The summed E-state index contributed by atoms with van der Waals surface area (Å²) in [6, 6.07) is 10.1. The maximum absolute atomic E-state index is 12.7. The average molecular weight is 447 g/mol. The SMILES string of the molecule is CCOC(=O)NC(=O)c1c(NC(=O)CCCSc2ccccc2)sc2c1CCCC2. The number of thioether (sulfide) groups is 1. The van der Waals surface area contributed by atoms with Crippen LogP contribution in [0.15, 0.2) is 35.2 Å². The summed E-state index contributed by atoms with van der Waals surface area (Å²) in [7, 11) is 0. The van der Waals surface area contributed by atoms with Gasteiger partial charge in [0.15, 0.2) is 0 Å². The second-order valence-electron chi connectivity index (χ2n) is 6.90. The maximum Gasteiger partial charge on any atom is 0.414 e. The third kappa shape index (κ3) is 6.09. The summed E-state index contributed by atoms with van der Waals surface area (Å²) in [6.45, 7) is 1.86. The number of carbonyl (C=O) groups excluding carboxylic acids is 3. The van der Waals surface area contributed by atoms with E-state index in [-0.39, 0.29) is 12.5 Å². The zero-order valence-corrected chi connectivity index (χ0v) is 18.6. The van der Waals surface area contributed by atoms with Gasteiger partial charge in [-0.3, -0.25) is 14.9 Å². The van der Waals surface area contributed by atoms with E-state index in [9.17, 15) is 14.4 Å². The monoisotopic (exact) mass is 446 g/mol. The highest BCUT2D eigenvalue weighted by molar-refractivity contribution is 7.99. The molecule has 2 aromatic rings. The van der Waals surface area contributed by atoms with Crippen LogP contribution >= 0.6 is 23.1 Å². The number of benzene rings is 1. The second kappa shape index (κ2) is 11.2. The van der Waals surface area contributed by atoms with Gasteiger partial charge in [-0.2, -0.15) is 0 Å². The summed E-state index contributed by atoms with van der Waals surface area (Å²) >= 11 is 3.16. The van der Waals surface area contributed by atoms with Gasteiger partial charge >= 0.3 is 6.09 Å². The van der Waals surface area contributed by atoms with Crippen molar-refractivity contribution in [2.45, 2.75) is 50.3 Å². The van der Waals surface area contributed by atoms with Gasteiger partial charge in [-0.05, 0) is 62.5 Å². The lowest BCUT2D eigenvalue weighted by Gasteiger charge is -2.13. The Morgan fingerprint density at radius 3 is 2.67 bits per heavy atom. The van der Waals surface area contributed by atoms with Gasteiger partial charge in [0.05, 0.1) is 12.2 Å². The minimum absolute atomic E-state index is 0.118. The van der Waals surface area contributed by atoms with Gasteiger partial charge in [0.25, 0.3) is 5.91 Å². The summed E-state index contributed by atoms with van der Waals surface area (Å²) < 4.78 is 4.82. The number of ether oxygens (including phenoxy) is 1. The first-order valence-electron chi connectivity index (χ1n) is 10.2. The van der Waals surface area contributed by atoms with Crippen molar-refractivity contribution < 1.29 is 19.1 Å². The highest BCUT2D eigenvalue weighted by atomic mass is 32.2. The van der Waals surface area contributed by atoms with E-state index in [0.29, 0.717) is 17.0 Å². The molecular formula is C22H26N2O4S2. The largest absolute Gasteiger partial charge is 0.450 e. The molecular weight excluding hydrogens is 420 g/mol. The van der Waals surface area contributed by atoms with Crippen LogP contribution in [0.1, 0.15) is 53.4 Å². The average Bonchev–Trinajstić information content (AvgIpc) is 3.10. The molecule has 1 aromatic carbocycles. The molecule has 0 bridgehead atoms. The molecule has 0 aliphatic heterocycles. The van der Waals surface area contributed by atoms with Gasteiger partial charge in [-0.15, -0.1) is 23.1 Å². The van der Waals surface area contributed by atoms with Crippen molar-refractivity contribution in [1.82, 2.24) is 5.32 Å². The molecule has 1 aliphatic rings. The van der Waals surface area contributed by atoms with E-state index < -0.39 is 12.0 Å². The molecule has 3 amide bonds. The highest BCUT2D eigenvalue weighted by Gasteiger charge is 2.27. The third-order valence-electron chi connectivity index (χ3n) is 4.70. The van der Waals surface area contributed by atoms with E-state index in [2.05, 4.69) is 22.8 Å². The van der Waals surface area contributed by atoms with Crippen LogP contribution in [-0.4, -0.2) is 30.3 Å². The van der Waals surface area contributed by atoms with Crippen LogP contribution in [0.5, 0.6) is 0 Å². The number of anilines is 1. The quantitative estimate of drug-likeness (QED) is 0.439. The fourth-order valence-electron chi connectivity index (χ4n) is 3.35. The number of hydrogen-bond donors (Lipinski definition) is 2. The number of aryl methyl sites for hydroxylation is 1. The summed E-state index contributed by atoms with van der Waals surface area (Å²) in [5.41, 5.74) is 1.36. The zero-order valence-electron chi connectivity index (χ0n) is 17.0. The predicted molar refractivity (Wildman–Crippen MR) is 120 cm³/mol. The molecule has 1 aliphatic carbocycles. The number of rotatable bonds is 8. The number of carbonyl (C=O) groups is 3. The Morgan fingerprint density at radius 2 is 1.90 bits per heavy atom. The fourth-order valence-corrected chi connectivity index (χ4v) is 5.52. The minimum Gasteiger partial charge on any atom is -0.450 e. The lowest BCUT2D eigenvalue weighted by Crippen LogP contribution is -2.32. The first-order valence-corrected chi connectivity index (χ1v) is 12.0. The van der Waals surface area contributed by atoms with Crippen LogP contribution in [0.3, 0.4) is 0 Å². The van der Waals surface area contributed by atoms with Crippen LogP contribution in [0, 0.1) is 0 Å². The first kappa shape index (κ1) is 22.4. The van der Waals surface area contributed by atoms with Crippen molar-refractivity contribution in [3.05, 3.63) is 46.3 Å². The molecule has 2 N–H and O–H groups in total. The van der Waals surface area contributed by atoms with Crippen LogP contribution in [0.25, 0.3) is 0 Å². The highest BCUT2D eigenvalue weighted by Crippen LogP contribution is 2.38. The number of thiophene rings is 1. The van der Waals surface area contributed by atoms with Gasteiger partial charge in [0, 0.05) is 16.2 Å². The molecule has 30 heavy (non-hydrogen) atoms. The van der Waals surface area contributed by atoms with Crippen molar-refractivity contribution in [2.24, 2.45) is 0 Å². The molecule has 160 valence electrons. The van der Waals surface area contributed by atoms with Crippen LogP contribution in [0.4, 0.5) is 9.80 Å². The molecule has 0 saturated heterocycles. The zero-order chi connectivity index (χ0) is 21.3. The van der Waals surface area contributed by atoms with E-state index in [4.69, 9.17) is 4.74 Å². The molecule has 0 radical (unpaired) electrons. The van der Waals surface area contributed by atoms with Gasteiger partial charge in [-0.1, -0.05) is 18.2 Å². The molecule has 1 heterocycles. The van der Waals surface area contributed by atoms with E-state index >= 15 is 0 Å². The molecule has 3 rings (SSSR count). The molecule has 0 unspecified atom stereocenters. The van der Waals surface area contributed by atoms with E-state index in [1.165, 1.54) is 16.2 Å². The predicted octanol–water partition coefficient (Wildman–Crippen LogP) is 5.02. The number of imide groups is 1. The third-order valence-corrected chi connectivity index (χ3v) is 7.01. The Kier molecular flexibility index (Phi) is 8.33. The summed E-state index contributed by atoms with van der Waals surface area (Å²) in [5.74, 6) is 0.212. The van der Waals surface area contributed by atoms with Crippen LogP contribution in [-0.2, 0) is 22.4 Å². The van der Waals surface area contributed by atoms with E-state index in [1.807, 2.05) is 18.2 Å². The number of alkyl carbamates (subject to hydrolysis) is 1. The van der Waals surface area contributed by atoms with Crippen molar-refractivity contribution in [1.29, 1.82) is 0 Å². The Labute approximate surface area is 184 Å². The second-order valence-corrected chi connectivity index (χ2v) is 9.18. The topological polar surface area (TPSA) is 84.5 Å². The smallest absolute Gasteiger partial charge is 0.414 e. The number of nitrogens with one attached hydrogen (secondary N) is 2. The standard InChI is InChI=1S/C22H26N2O4S2/c1-2-28-22(27)24-20(26)19-16-11-6-7-12-17(16)30-21(19)23-18(25)13-8-14-29-15-9-4-3-5-10-15/h3-5,9-10H,2,6-8,11-14H2,1H3,(H,23,25)(H,24,26,27). The summed E-state index contributed by atoms with van der Waals surface area (Å²) in [6.07, 6.45) is 4.07. The van der Waals surface area contributed by atoms with E-state index in [0.717, 1.165) is 48.3 Å². The van der Waals surface area contributed by atoms with Crippen LogP contribution < -0.4 is 10.6 Å².